The molecule has 4 aromatic rings. The predicted octanol–water partition coefficient (Wildman–Crippen LogP) is 1.94. The number of hydrazone groups is 1. The van der Waals surface area contributed by atoms with E-state index in [0.717, 1.165) is 0 Å². The number of nitrogens with one attached hydrogen (secondary N) is 3. The van der Waals surface area contributed by atoms with Gasteiger partial charge in [0.15, 0.2) is 6.04 Å². The first kappa shape index (κ1) is 20.6. The summed E-state index contributed by atoms with van der Waals surface area (Å²) in [4.78, 5) is 42.0. The summed E-state index contributed by atoms with van der Waals surface area (Å²) in [6.45, 7) is 0. The number of hydrogen-bond acceptors (Lipinski definition) is 6. The van der Waals surface area contributed by atoms with Gasteiger partial charge >= 0.3 is 0 Å². The zero-order valence-electron chi connectivity index (χ0n) is 16.7. The Balaban J connectivity index is 1.68. The monoisotopic (exact) mass is 426 g/mol. The van der Waals surface area contributed by atoms with Crippen LogP contribution < -0.4 is 16.3 Å². The molecular formula is C23H18N6O3. The summed E-state index contributed by atoms with van der Waals surface area (Å²) >= 11 is 0. The molecule has 2 aromatic carbocycles. The van der Waals surface area contributed by atoms with Crippen molar-refractivity contribution in [1.29, 1.82) is 0 Å². The number of nitrogens with zero attached hydrogens (tertiary/aromatic N) is 3. The Morgan fingerprint density at radius 2 is 1.72 bits per heavy atom. The second kappa shape index (κ2) is 9.43. The Hall–Kier alpha value is -4.66. The highest BCUT2D eigenvalue weighted by atomic mass is 16.2. The van der Waals surface area contributed by atoms with Crippen molar-refractivity contribution < 1.29 is 9.59 Å². The Morgan fingerprint density at radius 1 is 0.969 bits per heavy atom. The Kier molecular flexibility index (Phi) is 6.08. The average Bonchev–Trinajstić information content (AvgIpc) is 2.84. The summed E-state index contributed by atoms with van der Waals surface area (Å²) in [6.07, 6.45) is 4.64. The topological polar surface area (TPSA) is 129 Å². The fourth-order valence-electron chi connectivity index (χ4n) is 3.11. The molecule has 0 saturated heterocycles. The van der Waals surface area contributed by atoms with Crippen molar-refractivity contribution in [2.24, 2.45) is 5.10 Å². The van der Waals surface area contributed by atoms with E-state index >= 15 is 0 Å². The maximum atomic E-state index is 13.0. The molecule has 0 aliphatic rings. The van der Waals surface area contributed by atoms with Crippen LogP contribution in [-0.4, -0.2) is 33.2 Å². The van der Waals surface area contributed by atoms with Gasteiger partial charge in [-0.25, -0.2) is 10.5 Å². The van der Waals surface area contributed by atoms with E-state index in [1.807, 2.05) is 0 Å². The SMILES string of the molecule is O=C(N[C@H](C(=O)N/N=C\c1cccnc1)c1n[nH]c(=O)c2ccccc12)c1ccccc1. The number of carbonyl (C=O) groups is 2. The van der Waals surface area contributed by atoms with Crippen LogP contribution >= 0.6 is 0 Å². The lowest BCUT2D eigenvalue weighted by molar-refractivity contribution is -0.123. The van der Waals surface area contributed by atoms with E-state index in [2.05, 4.69) is 31.0 Å². The summed E-state index contributed by atoms with van der Waals surface area (Å²) < 4.78 is 0. The van der Waals surface area contributed by atoms with E-state index in [1.165, 1.54) is 6.21 Å². The van der Waals surface area contributed by atoms with Crippen LogP contribution in [0.5, 0.6) is 0 Å². The molecule has 32 heavy (non-hydrogen) atoms. The number of carbonyl (C=O) groups excluding carboxylic acids is 2. The molecule has 0 spiro atoms. The minimum absolute atomic E-state index is 0.193. The number of aromatic nitrogens is 3. The molecule has 1 atom stereocenters. The summed E-state index contributed by atoms with van der Waals surface area (Å²) in [5.74, 6) is -1.10. The Bertz CT molecular complexity index is 1340. The number of pyridine rings is 1. The molecule has 2 heterocycles. The van der Waals surface area contributed by atoms with Gasteiger partial charge in [0, 0.05) is 28.9 Å². The zero-order chi connectivity index (χ0) is 22.3. The minimum atomic E-state index is -1.21. The van der Waals surface area contributed by atoms with E-state index in [9.17, 15) is 14.4 Å². The largest absolute Gasteiger partial charge is 0.335 e. The molecular weight excluding hydrogens is 408 g/mol. The van der Waals surface area contributed by atoms with Crippen LogP contribution in [0.25, 0.3) is 10.8 Å². The first-order chi connectivity index (χ1) is 15.6. The molecule has 2 aromatic heterocycles. The fourth-order valence-corrected chi connectivity index (χ4v) is 3.11. The fraction of sp³-hybridized carbons (Fsp3) is 0.0435. The van der Waals surface area contributed by atoms with Crippen LogP contribution in [0.1, 0.15) is 27.7 Å². The van der Waals surface area contributed by atoms with E-state index < -0.39 is 23.4 Å². The van der Waals surface area contributed by atoms with Gasteiger partial charge in [-0.15, -0.1) is 0 Å². The van der Waals surface area contributed by atoms with Crippen molar-refractivity contribution >= 4 is 28.8 Å². The van der Waals surface area contributed by atoms with Gasteiger partial charge in [0.25, 0.3) is 17.4 Å². The second-order valence-corrected chi connectivity index (χ2v) is 6.78. The lowest BCUT2D eigenvalue weighted by Crippen LogP contribution is -2.40. The third-order valence-electron chi connectivity index (χ3n) is 4.65. The molecule has 158 valence electrons. The standard InChI is InChI=1S/C23H18N6O3/c30-21(16-8-2-1-3-9-16)26-20(23(32)28-25-14-15-7-6-12-24-13-15)19-17-10-4-5-11-18(17)22(31)29-27-19/h1-14,20H,(H,26,30)(H,28,32)(H,29,31)/b25-14-/t20-/m0/s1. The molecule has 0 fully saturated rings. The van der Waals surface area contributed by atoms with Crippen LogP contribution in [0, 0.1) is 0 Å². The molecule has 0 bridgehead atoms. The summed E-state index contributed by atoms with van der Waals surface area (Å²) in [5.41, 5.74) is 3.28. The molecule has 9 nitrogen and oxygen atoms in total. The smallest absolute Gasteiger partial charge is 0.272 e. The van der Waals surface area contributed by atoms with Crippen molar-refractivity contribution in [3.8, 4) is 0 Å². The van der Waals surface area contributed by atoms with Crippen molar-refractivity contribution in [3.05, 3.63) is 106 Å². The van der Waals surface area contributed by atoms with E-state index in [-0.39, 0.29) is 5.69 Å². The molecule has 0 aliphatic carbocycles. The van der Waals surface area contributed by atoms with Crippen LogP contribution in [0.3, 0.4) is 0 Å². The number of fused-ring (bicyclic) bond motifs is 1. The van der Waals surface area contributed by atoms with Gasteiger partial charge in [0.05, 0.1) is 11.6 Å². The van der Waals surface area contributed by atoms with Crippen LogP contribution in [0.4, 0.5) is 0 Å². The number of H-pyrrole nitrogens is 1. The number of hydrogen-bond donors (Lipinski definition) is 3. The average molecular weight is 426 g/mol. The number of benzene rings is 2. The van der Waals surface area contributed by atoms with E-state index in [4.69, 9.17) is 0 Å². The second-order valence-electron chi connectivity index (χ2n) is 6.78. The van der Waals surface area contributed by atoms with Crippen molar-refractivity contribution in [1.82, 2.24) is 25.9 Å². The van der Waals surface area contributed by atoms with Gasteiger partial charge in [-0.3, -0.25) is 19.4 Å². The Labute approximate surface area is 182 Å². The van der Waals surface area contributed by atoms with Crippen molar-refractivity contribution in [2.45, 2.75) is 6.04 Å². The van der Waals surface area contributed by atoms with Crippen LogP contribution in [-0.2, 0) is 4.79 Å². The molecule has 0 saturated carbocycles. The van der Waals surface area contributed by atoms with Crippen molar-refractivity contribution in [2.75, 3.05) is 0 Å². The van der Waals surface area contributed by atoms with Gasteiger partial charge in [-0.05, 0) is 24.3 Å². The predicted molar refractivity (Wildman–Crippen MR) is 119 cm³/mol. The van der Waals surface area contributed by atoms with Gasteiger partial charge in [-0.1, -0.05) is 42.5 Å². The van der Waals surface area contributed by atoms with Crippen LogP contribution in [0.15, 0.2) is 89.0 Å². The van der Waals surface area contributed by atoms with Gasteiger partial charge in [0.2, 0.25) is 0 Å². The summed E-state index contributed by atoms with van der Waals surface area (Å²) in [6, 6.07) is 17.5. The minimum Gasteiger partial charge on any atom is -0.335 e. The first-order valence-corrected chi connectivity index (χ1v) is 9.69. The molecule has 4 rings (SSSR count). The molecule has 0 aliphatic heterocycles. The molecule has 0 unspecified atom stereocenters. The zero-order valence-corrected chi connectivity index (χ0v) is 16.7. The molecule has 3 N–H and O–H groups in total. The number of rotatable bonds is 6. The van der Waals surface area contributed by atoms with Crippen LogP contribution in [0.2, 0.25) is 0 Å². The summed E-state index contributed by atoms with van der Waals surface area (Å²) in [7, 11) is 0. The lowest BCUT2D eigenvalue weighted by Gasteiger charge is -2.18. The lowest BCUT2D eigenvalue weighted by atomic mass is 10.0. The third kappa shape index (κ3) is 4.57. The van der Waals surface area contributed by atoms with E-state index in [1.54, 1.807) is 79.1 Å². The van der Waals surface area contributed by atoms with Crippen molar-refractivity contribution in [3.63, 3.8) is 0 Å². The third-order valence-corrected chi connectivity index (χ3v) is 4.65. The highest BCUT2D eigenvalue weighted by Gasteiger charge is 2.27. The van der Waals surface area contributed by atoms with Gasteiger partial charge in [0.1, 0.15) is 5.69 Å². The maximum absolute atomic E-state index is 13.0. The Morgan fingerprint density at radius 3 is 2.47 bits per heavy atom. The van der Waals surface area contributed by atoms with Gasteiger partial charge in [-0.2, -0.15) is 10.2 Å². The summed E-state index contributed by atoms with van der Waals surface area (Å²) in [5, 5.41) is 13.9. The van der Waals surface area contributed by atoms with E-state index in [0.29, 0.717) is 21.9 Å². The first-order valence-electron chi connectivity index (χ1n) is 9.69. The molecule has 0 radical (unpaired) electrons. The maximum Gasteiger partial charge on any atom is 0.272 e. The molecule has 2 amide bonds. The number of aromatic amines is 1. The number of amides is 2. The highest BCUT2D eigenvalue weighted by molar-refractivity contribution is 5.99. The molecule has 9 heteroatoms. The highest BCUT2D eigenvalue weighted by Crippen LogP contribution is 2.20. The quantitative estimate of drug-likeness (QED) is 0.321. The van der Waals surface area contributed by atoms with Gasteiger partial charge < -0.3 is 5.32 Å². The normalized spacial score (nSPS) is 11.9.